The van der Waals surface area contributed by atoms with E-state index in [0.717, 1.165) is 34.7 Å². The van der Waals surface area contributed by atoms with Crippen molar-refractivity contribution in [2.45, 2.75) is 37.6 Å². The van der Waals surface area contributed by atoms with E-state index in [2.05, 4.69) is 15.3 Å². The van der Waals surface area contributed by atoms with E-state index in [1.807, 2.05) is 83.9 Å². The fraction of sp³-hybridized carbons (Fsp3) is 0.310. The number of hydrogen-bond donors (Lipinski definition) is 1. The van der Waals surface area contributed by atoms with Crippen molar-refractivity contribution in [1.29, 1.82) is 0 Å². The van der Waals surface area contributed by atoms with Gasteiger partial charge in [0.2, 0.25) is 5.91 Å². The molecule has 2 amide bonds. The van der Waals surface area contributed by atoms with Gasteiger partial charge in [-0.3, -0.25) is 14.6 Å². The fourth-order valence-electron chi connectivity index (χ4n) is 5.00. The van der Waals surface area contributed by atoms with E-state index in [1.165, 1.54) is 11.3 Å². The van der Waals surface area contributed by atoms with Gasteiger partial charge in [-0.05, 0) is 49.0 Å². The summed E-state index contributed by atoms with van der Waals surface area (Å²) in [5.74, 6) is -0.0544. The molecule has 6 nitrogen and oxygen atoms in total. The molecule has 1 N–H and O–H groups in total. The molecule has 0 saturated carbocycles. The topological polar surface area (TPSA) is 74.7 Å². The molecule has 0 unspecified atom stereocenters. The maximum absolute atomic E-state index is 13.8. The molecule has 1 atom stereocenters. The highest BCUT2D eigenvalue weighted by atomic mass is 32.1. The summed E-state index contributed by atoms with van der Waals surface area (Å²) in [6.45, 7) is 3.78. The second kappa shape index (κ2) is 10.6. The van der Waals surface area contributed by atoms with Crippen LogP contribution in [0, 0.1) is 0 Å². The van der Waals surface area contributed by atoms with Crippen LogP contribution in [-0.4, -0.2) is 47.5 Å². The average Bonchev–Trinajstić information content (AvgIpc) is 3.44. The molecule has 0 bridgehead atoms. The molecule has 0 spiro atoms. The Labute approximate surface area is 215 Å². The molecule has 2 aromatic carbocycles. The molecular weight excluding hydrogens is 468 g/mol. The van der Waals surface area contributed by atoms with Crippen molar-refractivity contribution in [3.63, 3.8) is 0 Å². The zero-order valence-corrected chi connectivity index (χ0v) is 21.2. The number of allylic oxidation sites excluding steroid dienone is 1. The molecule has 0 aliphatic carbocycles. The first-order chi connectivity index (χ1) is 17.6. The van der Waals surface area contributed by atoms with Gasteiger partial charge in [-0.1, -0.05) is 60.7 Å². The normalized spacial score (nSPS) is 17.8. The van der Waals surface area contributed by atoms with Gasteiger partial charge >= 0.3 is 0 Å². The number of aromatic nitrogens is 1. The Balaban J connectivity index is 1.32. The van der Waals surface area contributed by atoms with E-state index in [4.69, 9.17) is 0 Å². The van der Waals surface area contributed by atoms with Gasteiger partial charge in [-0.15, -0.1) is 11.3 Å². The summed E-state index contributed by atoms with van der Waals surface area (Å²) in [6, 6.07) is 19.9. The third-order valence-corrected chi connectivity index (χ3v) is 8.12. The van der Waals surface area contributed by atoms with Crippen LogP contribution >= 0.6 is 11.3 Å². The Morgan fingerprint density at radius 3 is 2.39 bits per heavy atom. The van der Waals surface area contributed by atoms with Crippen molar-refractivity contribution < 1.29 is 9.59 Å². The average molecular weight is 499 g/mol. The van der Waals surface area contributed by atoms with Crippen molar-refractivity contribution in [3.8, 4) is 0 Å². The Bertz CT molecular complexity index is 1270. The van der Waals surface area contributed by atoms with Crippen LogP contribution in [0.5, 0.6) is 0 Å². The van der Waals surface area contributed by atoms with Crippen LogP contribution in [0.25, 0.3) is 5.57 Å². The lowest BCUT2D eigenvalue weighted by atomic mass is 9.71. The minimum absolute atomic E-state index is 0.0130. The predicted molar refractivity (Wildman–Crippen MR) is 144 cm³/mol. The van der Waals surface area contributed by atoms with E-state index in [9.17, 15) is 9.59 Å². The van der Waals surface area contributed by atoms with Crippen molar-refractivity contribution in [2.75, 3.05) is 19.6 Å². The number of aliphatic imine (C=N–C) groups is 1. The van der Waals surface area contributed by atoms with Crippen molar-refractivity contribution in [2.24, 2.45) is 4.99 Å². The van der Waals surface area contributed by atoms with Gasteiger partial charge in [0.15, 0.2) is 0 Å². The fourth-order valence-corrected chi connectivity index (χ4v) is 5.85. The summed E-state index contributed by atoms with van der Waals surface area (Å²) in [4.78, 5) is 37.8. The van der Waals surface area contributed by atoms with Crippen LogP contribution in [-0.2, 0) is 10.2 Å². The largest absolute Gasteiger partial charge is 0.349 e. The number of nitrogens with one attached hydrogen (secondary N) is 1. The Morgan fingerprint density at radius 2 is 1.72 bits per heavy atom. The standard InChI is InChI=1S/C29H30N4O2S/c1-21(22-8-4-2-5-9-22)31-28(35)29(24-10-6-3-7-11-24)14-18-33(19-15-29)27(34)25-20-36-26(32-25)23-12-16-30-17-13-23/h2-12,16,20-21H,13-15,17-19H2,1H3,(H,31,35)/t21-/m0/s1. The molecule has 3 heterocycles. The zero-order chi connectivity index (χ0) is 25.0. The molecule has 7 heteroatoms. The second-order valence-electron chi connectivity index (χ2n) is 9.38. The maximum atomic E-state index is 13.8. The molecule has 2 aliphatic rings. The van der Waals surface area contributed by atoms with E-state index in [1.54, 1.807) is 6.21 Å². The number of piperidine rings is 1. The molecule has 2 aliphatic heterocycles. The molecular formula is C29H30N4O2S. The molecule has 1 saturated heterocycles. The van der Waals surface area contributed by atoms with E-state index >= 15 is 0 Å². The van der Waals surface area contributed by atoms with E-state index in [0.29, 0.717) is 31.6 Å². The minimum Gasteiger partial charge on any atom is -0.349 e. The van der Waals surface area contributed by atoms with Crippen LogP contribution < -0.4 is 5.32 Å². The van der Waals surface area contributed by atoms with Gasteiger partial charge < -0.3 is 10.2 Å². The highest BCUT2D eigenvalue weighted by molar-refractivity contribution is 7.11. The second-order valence-corrected chi connectivity index (χ2v) is 10.2. The summed E-state index contributed by atoms with van der Waals surface area (Å²) in [5, 5.41) is 5.98. The smallest absolute Gasteiger partial charge is 0.273 e. The Morgan fingerprint density at radius 1 is 1.03 bits per heavy atom. The first-order valence-corrected chi connectivity index (χ1v) is 13.3. The van der Waals surface area contributed by atoms with Gasteiger partial charge in [0, 0.05) is 31.2 Å². The number of benzene rings is 2. The number of nitrogens with zero attached hydrogens (tertiary/aromatic N) is 3. The number of likely N-dealkylation sites (tertiary alicyclic amines) is 1. The number of carbonyl (C=O) groups is 2. The van der Waals surface area contributed by atoms with Gasteiger partial charge in [-0.2, -0.15) is 0 Å². The maximum Gasteiger partial charge on any atom is 0.273 e. The Kier molecular flexibility index (Phi) is 7.09. The summed E-state index contributed by atoms with van der Waals surface area (Å²) in [5.41, 5.74) is 2.99. The number of hydrogen-bond acceptors (Lipinski definition) is 5. The highest BCUT2D eigenvalue weighted by Crippen LogP contribution is 2.37. The van der Waals surface area contributed by atoms with Crippen LogP contribution in [0.15, 0.2) is 77.1 Å². The molecule has 1 fully saturated rings. The summed E-state index contributed by atoms with van der Waals surface area (Å²) in [7, 11) is 0. The summed E-state index contributed by atoms with van der Waals surface area (Å²) < 4.78 is 0. The number of carbonyl (C=O) groups excluding carboxylic acids is 2. The van der Waals surface area contributed by atoms with Crippen molar-refractivity contribution in [3.05, 3.63) is 93.9 Å². The third-order valence-electron chi connectivity index (χ3n) is 7.20. The molecule has 0 radical (unpaired) electrons. The van der Waals surface area contributed by atoms with Crippen LogP contribution in [0.4, 0.5) is 0 Å². The quantitative estimate of drug-likeness (QED) is 0.517. The van der Waals surface area contributed by atoms with Gasteiger partial charge in [0.1, 0.15) is 10.7 Å². The van der Waals surface area contributed by atoms with Crippen molar-refractivity contribution >= 4 is 34.9 Å². The summed E-state index contributed by atoms with van der Waals surface area (Å²) in [6.07, 6.45) is 5.75. The minimum atomic E-state index is -0.680. The number of amides is 2. The van der Waals surface area contributed by atoms with Gasteiger partial charge in [0.05, 0.1) is 11.5 Å². The highest BCUT2D eigenvalue weighted by Gasteiger charge is 2.44. The SMILES string of the molecule is C[C@H](NC(=O)C1(c2ccccc2)CCN(C(=O)c2csc(C3=CC=NCC3)n2)CC1)c1ccccc1. The molecule has 36 heavy (non-hydrogen) atoms. The summed E-state index contributed by atoms with van der Waals surface area (Å²) >= 11 is 1.50. The van der Waals surface area contributed by atoms with E-state index in [-0.39, 0.29) is 17.9 Å². The molecule has 1 aromatic heterocycles. The van der Waals surface area contributed by atoms with Crippen LogP contribution in [0.1, 0.15) is 58.9 Å². The van der Waals surface area contributed by atoms with E-state index < -0.39 is 5.41 Å². The number of thiazole rings is 1. The monoisotopic (exact) mass is 498 g/mol. The molecule has 184 valence electrons. The van der Waals surface area contributed by atoms with Crippen LogP contribution in [0.2, 0.25) is 0 Å². The third kappa shape index (κ3) is 4.88. The van der Waals surface area contributed by atoms with Gasteiger partial charge in [-0.25, -0.2) is 4.98 Å². The number of dihydropyridines is 1. The first-order valence-electron chi connectivity index (χ1n) is 12.4. The van der Waals surface area contributed by atoms with Crippen molar-refractivity contribution in [1.82, 2.24) is 15.2 Å². The molecule has 5 rings (SSSR count). The van der Waals surface area contributed by atoms with Crippen LogP contribution in [0.3, 0.4) is 0 Å². The number of rotatable bonds is 6. The Hall–Kier alpha value is -3.58. The predicted octanol–water partition coefficient (Wildman–Crippen LogP) is 5.05. The lowest BCUT2D eigenvalue weighted by molar-refractivity contribution is -0.129. The van der Waals surface area contributed by atoms with Gasteiger partial charge in [0.25, 0.3) is 5.91 Å². The lowest BCUT2D eigenvalue weighted by Gasteiger charge is -2.41. The zero-order valence-electron chi connectivity index (χ0n) is 20.4. The molecule has 3 aromatic rings. The first kappa shape index (κ1) is 24.1. The lowest BCUT2D eigenvalue weighted by Crippen LogP contribution is -2.53.